The summed E-state index contributed by atoms with van der Waals surface area (Å²) >= 11 is 0.760. The molecule has 0 saturated carbocycles. The van der Waals surface area contributed by atoms with E-state index in [4.69, 9.17) is 0 Å². The number of hydrogen-bond acceptors (Lipinski definition) is 4. The summed E-state index contributed by atoms with van der Waals surface area (Å²) in [6.45, 7) is 0.191. The molecule has 2 aromatic carbocycles. The van der Waals surface area contributed by atoms with Crippen LogP contribution in [0.25, 0.3) is 6.08 Å². The Hall–Kier alpha value is -2.93. The Morgan fingerprint density at radius 3 is 2.50 bits per heavy atom. The largest absolute Gasteiger partial charge is 0.350 e. The van der Waals surface area contributed by atoms with Crippen molar-refractivity contribution in [3.63, 3.8) is 0 Å². The average molecular weight is 370 g/mol. The number of thioether (sulfide) groups is 1. The lowest BCUT2D eigenvalue weighted by Crippen LogP contribution is -2.37. The van der Waals surface area contributed by atoms with Crippen LogP contribution in [-0.4, -0.2) is 35.0 Å². The van der Waals surface area contributed by atoms with Gasteiger partial charge in [0, 0.05) is 24.2 Å². The molecular formula is C19H15FN2O3S. The molecule has 0 bridgehead atoms. The highest BCUT2D eigenvalue weighted by molar-refractivity contribution is 8.18. The van der Waals surface area contributed by atoms with Crippen molar-refractivity contribution in [3.05, 3.63) is 76.4 Å². The second-order valence-corrected chi connectivity index (χ2v) is 6.47. The van der Waals surface area contributed by atoms with Gasteiger partial charge in [0.1, 0.15) is 5.82 Å². The number of nitrogens with zero attached hydrogens (tertiary/aromatic N) is 1. The highest BCUT2D eigenvalue weighted by atomic mass is 32.2. The van der Waals surface area contributed by atoms with Gasteiger partial charge in [0.05, 0.1) is 4.91 Å². The molecule has 26 heavy (non-hydrogen) atoms. The van der Waals surface area contributed by atoms with Crippen molar-refractivity contribution >= 4 is 34.9 Å². The van der Waals surface area contributed by atoms with Crippen LogP contribution < -0.4 is 5.32 Å². The van der Waals surface area contributed by atoms with Gasteiger partial charge in [0.25, 0.3) is 17.1 Å². The smallest absolute Gasteiger partial charge is 0.293 e. The van der Waals surface area contributed by atoms with Crippen LogP contribution in [0.15, 0.2) is 59.5 Å². The third kappa shape index (κ3) is 4.00. The summed E-state index contributed by atoms with van der Waals surface area (Å²) < 4.78 is 13.7. The van der Waals surface area contributed by atoms with Crippen molar-refractivity contribution in [2.75, 3.05) is 13.1 Å². The lowest BCUT2D eigenvalue weighted by molar-refractivity contribution is -0.122. The predicted molar refractivity (Wildman–Crippen MR) is 97.9 cm³/mol. The van der Waals surface area contributed by atoms with Gasteiger partial charge in [-0.2, -0.15) is 0 Å². The molecule has 1 heterocycles. The number of imide groups is 1. The number of rotatable bonds is 5. The molecule has 1 aliphatic rings. The number of carbonyl (C=O) groups is 3. The number of hydrogen-bond donors (Lipinski definition) is 1. The molecule has 3 amide bonds. The quantitative estimate of drug-likeness (QED) is 0.820. The van der Waals surface area contributed by atoms with Crippen molar-refractivity contribution < 1.29 is 18.8 Å². The summed E-state index contributed by atoms with van der Waals surface area (Å²) in [5, 5.41) is 2.23. The summed E-state index contributed by atoms with van der Waals surface area (Å²) in [7, 11) is 0. The minimum atomic E-state index is -0.489. The number of benzene rings is 2. The van der Waals surface area contributed by atoms with E-state index in [1.54, 1.807) is 42.5 Å². The van der Waals surface area contributed by atoms with E-state index in [2.05, 4.69) is 5.32 Å². The van der Waals surface area contributed by atoms with E-state index < -0.39 is 17.0 Å². The van der Waals surface area contributed by atoms with Gasteiger partial charge in [-0.3, -0.25) is 19.3 Å². The third-order valence-corrected chi connectivity index (χ3v) is 4.63. The maximum Gasteiger partial charge on any atom is 0.293 e. The van der Waals surface area contributed by atoms with Crippen molar-refractivity contribution in [2.24, 2.45) is 0 Å². The van der Waals surface area contributed by atoms with E-state index in [-0.39, 0.29) is 29.5 Å². The standard InChI is InChI=1S/C19H15FN2O3S/c20-15-9-5-4-8-14(15)12-16-18(24)22(19(25)26-16)11-10-21-17(23)13-6-2-1-3-7-13/h1-9,12H,10-11H2,(H,21,23)/b16-12-. The molecule has 2 aromatic rings. The highest BCUT2D eigenvalue weighted by Gasteiger charge is 2.34. The van der Waals surface area contributed by atoms with Crippen LogP contribution in [0.2, 0.25) is 0 Å². The molecule has 0 atom stereocenters. The number of nitrogens with one attached hydrogen (secondary N) is 1. The summed E-state index contributed by atoms with van der Waals surface area (Å²) in [6, 6.07) is 14.7. The van der Waals surface area contributed by atoms with Gasteiger partial charge in [0.15, 0.2) is 0 Å². The van der Waals surface area contributed by atoms with E-state index in [1.165, 1.54) is 18.2 Å². The molecule has 0 unspecified atom stereocenters. The Balaban J connectivity index is 1.61. The molecule has 132 valence electrons. The molecule has 1 aliphatic heterocycles. The van der Waals surface area contributed by atoms with Gasteiger partial charge in [-0.25, -0.2) is 4.39 Å². The Morgan fingerprint density at radius 2 is 1.77 bits per heavy atom. The Labute approximate surface area is 153 Å². The van der Waals surface area contributed by atoms with Crippen molar-refractivity contribution in [2.45, 2.75) is 0 Å². The maximum atomic E-state index is 13.7. The zero-order valence-electron chi connectivity index (χ0n) is 13.6. The summed E-state index contributed by atoms with van der Waals surface area (Å²) in [6.07, 6.45) is 1.36. The molecule has 0 spiro atoms. The fraction of sp³-hybridized carbons (Fsp3) is 0.105. The zero-order valence-corrected chi connectivity index (χ0v) is 14.5. The topological polar surface area (TPSA) is 66.5 Å². The number of carbonyl (C=O) groups excluding carboxylic acids is 3. The van der Waals surface area contributed by atoms with Gasteiger partial charge in [-0.15, -0.1) is 0 Å². The lowest BCUT2D eigenvalue weighted by Gasteiger charge is -2.13. The Morgan fingerprint density at radius 1 is 1.08 bits per heavy atom. The van der Waals surface area contributed by atoms with Gasteiger partial charge in [-0.1, -0.05) is 36.4 Å². The SMILES string of the molecule is O=C(NCCN1C(=O)S/C(=C\c2ccccc2F)C1=O)c1ccccc1. The molecule has 3 rings (SSSR count). The van der Waals surface area contributed by atoms with Crippen LogP contribution in [0.5, 0.6) is 0 Å². The first-order valence-corrected chi connectivity index (χ1v) is 8.71. The van der Waals surface area contributed by atoms with Crippen LogP contribution in [0, 0.1) is 5.82 Å². The third-order valence-electron chi connectivity index (χ3n) is 3.72. The van der Waals surface area contributed by atoms with Gasteiger partial charge >= 0.3 is 0 Å². The van der Waals surface area contributed by atoms with Crippen molar-refractivity contribution in [3.8, 4) is 0 Å². The van der Waals surface area contributed by atoms with E-state index in [0.717, 1.165) is 16.7 Å². The summed E-state index contributed by atoms with van der Waals surface area (Å²) in [5.74, 6) is -1.23. The fourth-order valence-electron chi connectivity index (χ4n) is 2.40. The Kier molecular flexibility index (Phi) is 5.48. The summed E-state index contributed by atoms with van der Waals surface area (Å²) in [4.78, 5) is 37.6. The first kappa shape index (κ1) is 17.9. The van der Waals surface area contributed by atoms with Gasteiger partial charge < -0.3 is 5.32 Å². The lowest BCUT2D eigenvalue weighted by atomic mass is 10.2. The molecule has 1 saturated heterocycles. The van der Waals surface area contributed by atoms with Crippen molar-refractivity contribution in [1.29, 1.82) is 0 Å². The highest BCUT2D eigenvalue weighted by Crippen LogP contribution is 2.32. The van der Waals surface area contributed by atoms with E-state index in [0.29, 0.717) is 5.56 Å². The second kappa shape index (κ2) is 7.97. The zero-order chi connectivity index (χ0) is 18.5. The number of halogens is 1. The summed E-state index contributed by atoms with van der Waals surface area (Å²) in [5.41, 5.74) is 0.747. The Bertz CT molecular complexity index is 883. The van der Waals surface area contributed by atoms with Crippen molar-refractivity contribution in [1.82, 2.24) is 10.2 Å². The minimum Gasteiger partial charge on any atom is -0.350 e. The normalized spacial score (nSPS) is 15.6. The fourth-order valence-corrected chi connectivity index (χ4v) is 3.25. The van der Waals surface area contributed by atoms with Gasteiger partial charge in [0.2, 0.25) is 0 Å². The molecule has 1 N–H and O–H groups in total. The second-order valence-electron chi connectivity index (χ2n) is 5.48. The van der Waals surface area contributed by atoms with E-state index >= 15 is 0 Å². The first-order chi connectivity index (χ1) is 12.6. The molecular weight excluding hydrogens is 355 g/mol. The molecule has 1 fully saturated rings. The van der Waals surface area contributed by atoms with E-state index in [1.807, 2.05) is 0 Å². The maximum absolute atomic E-state index is 13.7. The van der Waals surface area contributed by atoms with Crippen LogP contribution in [0.1, 0.15) is 15.9 Å². The molecule has 7 heteroatoms. The average Bonchev–Trinajstić information content (AvgIpc) is 2.91. The molecule has 0 radical (unpaired) electrons. The molecule has 5 nitrogen and oxygen atoms in total. The van der Waals surface area contributed by atoms with Crippen LogP contribution in [-0.2, 0) is 4.79 Å². The molecule has 0 aromatic heterocycles. The van der Waals surface area contributed by atoms with Crippen LogP contribution >= 0.6 is 11.8 Å². The minimum absolute atomic E-state index is 0.0534. The van der Waals surface area contributed by atoms with E-state index in [9.17, 15) is 18.8 Å². The molecule has 0 aliphatic carbocycles. The van der Waals surface area contributed by atoms with Gasteiger partial charge in [-0.05, 0) is 36.0 Å². The van der Waals surface area contributed by atoms with Crippen LogP contribution in [0.3, 0.4) is 0 Å². The van der Waals surface area contributed by atoms with Crippen LogP contribution in [0.4, 0.5) is 9.18 Å². The predicted octanol–water partition coefficient (Wildman–Crippen LogP) is 3.29. The number of amides is 3. The first-order valence-electron chi connectivity index (χ1n) is 7.89. The monoisotopic (exact) mass is 370 g/mol.